The van der Waals surface area contributed by atoms with Crippen LogP contribution in [0.2, 0.25) is 0 Å². The van der Waals surface area contributed by atoms with Gasteiger partial charge in [0.1, 0.15) is 5.82 Å². The molecule has 36 heavy (non-hydrogen) atoms. The second-order valence-corrected chi connectivity index (χ2v) is 8.93. The summed E-state index contributed by atoms with van der Waals surface area (Å²) in [6.07, 6.45) is 4.78. The van der Waals surface area contributed by atoms with Crippen LogP contribution in [-0.4, -0.2) is 67.7 Å². The van der Waals surface area contributed by atoms with Gasteiger partial charge in [-0.05, 0) is 60.7 Å². The van der Waals surface area contributed by atoms with E-state index in [4.69, 9.17) is 4.74 Å². The fourth-order valence-corrected chi connectivity index (χ4v) is 4.26. The molecule has 0 aliphatic heterocycles. The molecule has 3 aromatic heterocycles. The number of nitrogens with zero attached hydrogens (tertiary/aromatic N) is 6. The number of hydrogen-bond acceptors (Lipinski definition) is 8. The minimum atomic E-state index is -0.505. The van der Waals surface area contributed by atoms with E-state index in [1.807, 2.05) is 12.1 Å². The van der Waals surface area contributed by atoms with E-state index in [9.17, 15) is 14.3 Å². The zero-order valence-electron chi connectivity index (χ0n) is 20.0. The molecule has 0 radical (unpaired) electrons. The minimum Gasteiger partial charge on any atom is -0.396 e. The fourth-order valence-electron chi connectivity index (χ4n) is 4.26. The molecule has 1 aliphatic carbocycles. The van der Waals surface area contributed by atoms with Crippen LogP contribution in [-0.2, 0) is 4.74 Å². The van der Waals surface area contributed by atoms with Crippen LogP contribution in [0.5, 0.6) is 0 Å². The number of halogens is 1. The molecule has 1 aromatic carbocycles. The molecule has 3 N–H and O–H groups in total. The number of aliphatic hydroxyl groups excluding tert-OH is 1. The van der Waals surface area contributed by atoms with Gasteiger partial charge in [0.25, 0.3) is 5.91 Å². The highest BCUT2D eigenvalue weighted by molar-refractivity contribution is 6.09. The maximum absolute atomic E-state index is 14.8. The average molecular weight is 495 g/mol. The van der Waals surface area contributed by atoms with Crippen molar-refractivity contribution in [1.82, 2.24) is 29.8 Å². The van der Waals surface area contributed by atoms with Gasteiger partial charge >= 0.3 is 0 Å². The first-order valence-corrected chi connectivity index (χ1v) is 11.7. The number of methoxy groups -OCH3 is 1. The lowest BCUT2D eigenvalue weighted by atomic mass is 9.81. The molecule has 5 rings (SSSR count). The second-order valence-electron chi connectivity index (χ2n) is 8.93. The standard InChI is InChI=1S/C24H27FN8O3/c1-14-7-20(25)18(23-29-31-33(30-23)17-8-15(9-17)13-34)11-21(14)28-24(35)19-12-27-32-5-3-16(10-22(19)32)26-4-6-36-2/h3,5,7,10-12,15,17,26,34H,4,6,8-9,13H2,1-2H3,(H,28,35). The zero-order chi connectivity index (χ0) is 25.2. The molecular weight excluding hydrogens is 467 g/mol. The first kappa shape index (κ1) is 23.8. The van der Waals surface area contributed by atoms with E-state index in [2.05, 4.69) is 31.1 Å². The predicted octanol–water partition coefficient (Wildman–Crippen LogP) is 2.69. The van der Waals surface area contributed by atoms with Crippen LogP contribution in [0.3, 0.4) is 0 Å². The number of tetrazole rings is 1. The van der Waals surface area contributed by atoms with Crippen molar-refractivity contribution in [3.63, 3.8) is 0 Å². The molecule has 4 aromatic rings. The molecule has 1 amide bonds. The molecule has 1 aliphatic rings. The number of anilines is 2. The largest absolute Gasteiger partial charge is 0.396 e. The lowest BCUT2D eigenvalue weighted by molar-refractivity contribution is 0.0962. The van der Waals surface area contributed by atoms with Crippen molar-refractivity contribution in [2.45, 2.75) is 25.8 Å². The predicted molar refractivity (Wildman–Crippen MR) is 130 cm³/mol. The summed E-state index contributed by atoms with van der Waals surface area (Å²) in [6, 6.07) is 6.60. The molecule has 0 spiro atoms. The molecule has 0 saturated heterocycles. The van der Waals surface area contributed by atoms with Gasteiger partial charge in [0.2, 0.25) is 5.82 Å². The van der Waals surface area contributed by atoms with Crippen molar-refractivity contribution in [3.8, 4) is 11.4 Å². The number of carbonyl (C=O) groups excluding carboxylic acids is 1. The summed E-state index contributed by atoms with van der Waals surface area (Å²) in [4.78, 5) is 14.6. The summed E-state index contributed by atoms with van der Waals surface area (Å²) in [5, 5.41) is 32.0. The van der Waals surface area contributed by atoms with E-state index >= 15 is 0 Å². The number of nitrogens with one attached hydrogen (secondary N) is 2. The Morgan fingerprint density at radius 2 is 2.14 bits per heavy atom. The fraction of sp³-hybridized carbons (Fsp3) is 0.375. The highest BCUT2D eigenvalue weighted by atomic mass is 19.1. The van der Waals surface area contributed by atoms with Crippen molar-refractivity contribution in [3.05, 3.63) is 53.6 Å². The molecule has 188 valence electrons. The number of ether oxygens (including phenoxy) is 1. The molecule has 3 heterocycles. The lowest BCUT2D eigenvalue weighted by Gasteiger charge is -2.32. The Bertz CT molecular complexity index is 1400. The van der Waals surface area contributed by atoms with E-state index < -0.39 is 5.82 Å². The Kier molecular flexibility index (Phi) is 6.61. The van der Waals surface area contributed by atoms with Gasteiger partial charge in [-0.3, -0.25) is 4.79 Å². The molecule has 11 nitrogen and oxygen atoms in total. The number of amides is 1. The van der Waals surface area contributed by atoms with Gasteiger partial charge in [-0.15, -0.1) is 10.2 Å². The van der Waals surface area contributed by atoms with Gasteiger partial charge in [0.05, 0.1) is 35.5 Å². The van der Waals surface area contributed by atoms with Gasteiger partial charge in [0, 0.05) is 37.8 Å². The Balaban J connectivity index is 1.37. The Morgan fingerprint density at radius 3 is 2.92 bits per heavy atom. The Hall–Kier alpha value is -3.90. The average Bonchev–Trinajstić information content (AvgIpc) is 3.48. The monoisotopic (exact) mass is 494 g/mol. The van der Waals surface area contributed by atoms with E-state index in [1.165, 1.54) is 23.1 Å². The number of fused-ring (bicyclic) bond motifs is 1. The molecule has 12 heteroatoms. The highest BCUT2D eigenvalue weighted by Crippen LogP contribution is 2.36. The van der Waals surface area contributed by atoms with Crippen molar-refractivity contribution in [2.24, 2.45) is 5.92 Å². The second kappa shape index (κ2) is 9.99. The number of carbonyl (C=O) groups is 1. The molecule has 0 bridgehead atoms. The topological polar surface area (TPSA) is 131 Å². The Labute approximate surface area is 206 Å². The molecule has 0 unspecified atom stereocenters. The normalized spacial score (nSPS) is 17.2. The summed E-state index contributed by atoms with van der Waals surface area (Å²) < 4.78 is 21.5. The van der Waals surface area contributed by atoms with Gasteiger partial charge in [-0.2, -0.15) is 9.90 Å². The number of benzene rings is 1. The lowest BCUT2D eigenvalue weighted by Crippen LogP contribution is -2.30. The third kappa shape index (κ3) is 4.64. The molecule has 0 atom stereocenters. The molecular formula is C24H27FN8O3. The number of aryl methyl sites for hydroxylation is 1. The Morgan fingerprint density at radius 1 is 1.31 bits per heavy atom. The van der Waals surface area contributed by atoms with Crippen LogP contribution in [0.1, 0.15) is 34.8 Å². The quantitative estimate of drug-likeness (QED) is 0.303. The summed E-state index contributed by atoms with van der Waals surface area (Å²) in [5.74, 6) is -0.506. The maximum atomic E-state index is 14.8. The summed E-state index contributed by atoms with van der Waals surface area (Å²) in [6.45, 7) is 3.02. The van der Waals surface area contributed by atoms with Crippen LogP contribution in [0.4, 0.5) is 15.8 Å². The van der Waals surface area contributed by atoms with E-state index in [-0.39, 0.29) is 35.9 Å². The van der Waals surface area contributed by atoms with Crippen LogP contribution in [0.25, 0.3) is 16.9 Å². The number of aliphatic hydroxyl groups is 1. The van der Waals surface area contributed by atoms with Gasteiger partial charge in [-0.25, -0.2) is 8.91 Å². The molecule has 1 fully saturated rings. The van der Waals surface area contributed by atoms with E-state index in [0.717, 1.165) is 18.5 Å². The summed E-state index contributed by atoms with van der Waals surface area (Å²) in [5.41, 5.74) is 2.97. The highest BCUT2D eigenvalue weighted by Gasteiger charge is 2.32. The van der Waals surface area contributed by atoms with Gasteiger partial charge in [-0.1, -0.05) is 0 Å². The third-order valence-electron chi connectivity index (χ3n) is 6.43. The number of aromatic nitrogens is 6. The van der Waals surface area contributed by atoms with E-state index in [1.54, 1.807) is 24.7 Å². The third-order valence-corrected chi connectivity index (χ3v) is 6.43. The first-order chi connectivity index (χ1) is 17.5. The van der Waals surface area contributed by atoms with Crippen LogP contribution in [0.15, 0.2) is 36.7 Å². The SMILES string of the molecule is COCCNc1ccn2ncc(C(=O)Nc3cc(-c4nnn(C5CC(CO)C5)n4)c(F)cc3C)c2c1. The van der Waals surface area contributed by atoms with Crippen molar-refractivity contribution in [2.75, 3.05) is 37.5 Å². The number of hydrogen-bond donors (Lipinski definition) is 3. The van der Waals surface area contributed by atoms with Gasteiger partial charge in [0.15, 0.2) is 0 Å². The smallest absolute Gasteiger partial charge is 0.259 e. The van der Waals surface area contributed by atoms with E-state index in [0.29, 0.717) is 35.5 Å². The van der Waals surface area contributed by atoms with Gasteiger partial charge < -0.3 is 20.5 Å². The summed E-state index contributed by atoms with van der Waals surface area (Å²) >= 11 is 0. The number of rotatable bonds is 9. The first-order valence-electron chi connectivity index (χ1n) is 11.7. The van der Waals surface area contributed by atoms with Crippen LogP contribution in [0, 0.1) is 18.7 Å². The number of pyridine rings is 1. The zero-order valence-corrected chi connectivity index (χ0v) is 20.0. The van der Waals surface area contributed by atoms with Crippen molar-refractivity contribution < 1.29 is 19.0 Å². The maximum Gasteiger partial charge on any atom is 0.259 e. The van der Waals surface area contributed by atoms with Crippen molar-refractivity contribution in [1.29, 1.82) is 0 Å². The summed E-state index contributed by atoms with van der Waals surface area (Å²) in [7, 11) is 1.63. The van der Waals surface area contributed by atoms with Crippen LogP contribution >= 0.6 is 0 Å². The molecule has 1 saturated carbocycles. The minimum absolute atomic E-state index is 0.0422. The van der Waals surface area contributed by atoms with Crippen LogP contribution < -0.4 is 10.6 Å². The van der Waals surface area contributed by atoms with Crippen molar-refractivity contribution >= 4 is 22.8 Å².